The highest BCUT2D eigenvalue weighted by Crippen LogP contribution is 2.38. The highest BCUT2D eigenvalue weighted by Gasteiger charge is 2.44. The fourth-order valence-electron chi connectivity index (χ4n) is 3.04. The zero-order valence-electron chi connectivity index (χ0n) is 8.60. The quantitative estimate of drug-likeness (QED) is 0.577. The van der Waals surface area contributed by atoms with Crippen LogP contribution in [0.15, 0.2) is 23.3 Å². The third-order valence-electron chi connectivity index (χ3n) is 3.66. The highest BCUT2D eigenvalue weighted by atomic mass is 16.4. The molecule has 3 atom stereocenters. The van der Waals surface area contributed by atoms with Crippen molar-refractivity contribution in [2.75, 3.05) is 13.1 Å². The average molecular weight is 206 g/mol. The number of carbonyl (C=O) groups is 1. The largest absolute Gasteiger partial charge is 0.465 e. The molecule has 80 valence electrons. The van der Waals surface area contributed by atoms with Crippen LogP contribution >= 0.6 is 0 Å². The van der Waals surface area contributed by atoms with Crippen molar-refractivity contribution in [2.45, 2.75) is 19.0 Å². The van der Waals surface area contributed by atoms with Gasteiger partial charge in [-0.2, -0.15) is 0 Å². The summed E-state index contributed by atoms with van der Waals surface area (Å²) < 4.78 is 0. The molecule has 4 nitrogen and oxygen atoms in total. The fourth-order valence-corrected chi connectivity index (χ4v) is 3.04. The Hall–Kier alpha value is -1.29. The molecule has 2 N–H and O–H groups in total. The summed E-state index contributed by atoms with van der Waals surface area (Å²) in [5.74, 6) is 0.366. The van der Waals surface area contributed by atoms with Crippen LogP contribution in [0.2, 0.25) is 0 Å². The summed E-state index contributed by atoms with van der Waals surface area (Å²) >= 11 is 0. The van der Waals surface area contributed by atoms with Crippen molar-refractivity contribution in [3.05, 3.63) is 23.3 Å². The van der Waals surface area contributed by atoms with Crippen LogP contribution in [0, 0.1) is 5.92 Å². The van der Waals surface area contributed by atoms with E-state index in [9.17, 15) is 4.79 Å². The van der Waals surface area contributed by atoms with Gasteiger partial charge in [0.2, 0.25) is 0 Å². The van der Waals surface area contributed by atoms with Gasteiger partial charge in [-0.05, 0) is 12.5 Å². The van der Waals surface area contributed by atoms with Gasteiger partial charge in [-0.3, -0.25) is 0 Å². The van der Waals surface area contributed by atoms with E-state index in [1.807, 2.05) is 6.92 Å². The summed E-state index contributed by atoms with van der Waals surface area (Å²) in [6.07, 6.45) is 3.55. The van der Waals surface area contributed by atoms with Gasteiger partial charge in [0.25, 0.3) is 0 Å². The molecule has 15 heavy (non-hydrogen) atoms. The maximum atomic E-state index is 11.0. The maximum Gasteiger partial charge on any atom is 0.407 e. The van der Waals surface area contributed by atoms with Crippen molar-refractivity contribution in [3.63, 3.8) is 0 Å². The highest BCUT2D eigenvalue weighted by molar-refractivity contribution is 5.66. The number of hydrogen-bond acceptors (Lipinski definition) is 2. The Morgan fingerprint density at radius 2 is 2.40 bits per heavy atom. The fraction of sp³-hybridized carbons (Fsp3) is 0.545. The van der Waals surface area contributed by atoms with E-state index in [4.69, 9.17) is 5.11 Å². The number of nitrogens with zero attached hydrogens (tertiary/aromatic N) is 1. The van der Waals surface area contributed by atoms with Gasteiger partial charge in [0.1, 0.15) is 0 Å². The lowest BCUT2D eigenvalue weighted by atomic mass is 9.83. The molecule has 3 heterocycles. The van der Waals surface area contributed by atoms with Crippen LogP contribution < -0.4 is 5.32 Å². The van der Waals surface area contributed by atoms with E-state index in [-0.39, 0.29) is 0 Å². The first-order valence-corrected chi connectivity index (χ1v) is 5.28. The van der Waals surface area contributed by atoms with Crippen LogP contribution in [0.25, 0.3) is 0 Å². The molecule has 1 saturated heterocycles. The minimum Gasteiger partial charge on any atom is -0.465 e. The van der Waals surface area contributed by atoms with E-state index in [2.05, 4.69) is 17.5 Å². The molecule has 1 fully saturated rings. The van der Waals surface area contributed by atoms with E-state index < -0.39 is 6.09 Å². The molecule has 0 aliphatic carbocycles. The topological polar surface area (TPSA) is 52.6 Å². The summed E-state index contributed by atoms with van der Waals surface area (Å²) in [7, 11) is 0. The van der Waals surface area contributed by atoms with Crippen molar-refractivity contribution in [1.82, 2.24) is 10.2 Å². The molecule has 3 aliphatic heterocycles. The van der Waals surface area contributed by atoms with Crippen LogP contribution in [0.1, 0.15) is 6.92 Å². The first kappa shape index (κ1) is 8.97. The zero-order chi connectivity index (χ0) is 10.6. The van der Waals surface area contributed by atoms with E-state index in [0.717, 1.165) is 0 Å². The molecular weight excluding hydrogens is 192 g/mol. The number of nitrogens with one attached hydrogen (secondary N) is 1. The Morgan fingerprint density at radius 3 is 3.13 bits per heavy atom. The van der Waals surface area contributed by atoms with E-state index in [1.54, 1.807) is 0 Å². The Bertz CT molecular complexity index is 386. The molecule has 0 aromatic heterocycles. The third kappa shape index (κ3) is 1.14. The zero-order valence-corrected chi connectivity index (χ0v) is 8.60. The van der Waals surface area contributed by atoms with Crippen LogP contribution in [-0.2, 0) is 0 Å². The Balaban J connectivity index is 1.96. The number of carboxylic acid groups (broad SMARTS) is 1. The van der Waals surface area contributed by atoms with Crippen molar-refractivity contribution >= 4 is 6.09 Å². The molecule has 3 unspecified atom stereocenters. The number of hydrogen-bond donors (Lipinski definition) is 2. The molecule has 2 bridgehead atoms. The monoisotopic (exact) mass is 206 g/mol. The summed E-state index contributed by atoms with van der Waals surface area (Å²) in [5.41, 5.74) is 2.65. The maximum absolute atomic E-state index is 11.0. The normalized spacial score (nSPS) is 37.4. The van der Waals surface area contributed by atoms with E-state index >= 15 is 0 Å². The minimum atomic E-state index is -0.805. The summed E-state index contributed by atoms with van der Waals surface area (Å²) in [4.78, 5) is 12.5. The van der Waals surface area contributed by atoms with Crippen LogP contribution in [0.5, 0.6) is 0 Å². The number of fused-ring (bicyclic) bond motifs is 5. The molecule has 0 radical (unpaired) electrons. The molecule has 4 heteroatoms. The average Bonchev–Trinajstić information content (AvgIpc) is 2.77. The molecule has 0 saturated carbocycles. The van der Waals surface area contributed by atoms with Crippen LogP contribution in [0.3, 0.4) is 0 Å². The summed E-state index contributed by atoms with van der Waals surface area (Å²) in [5, 5.41) is 12.5. The first-order valence-electron chi connectivity index (χ1n) is 5.28. The van der Waals surface area contributed by atoms with Crippen molar-refractivity contribution < 1.29 is 9.90 Å². The molecule has 3 rings (SSSR count). The summed E-state index contributed by atoms with van der Waals surface area (Å²) in [6, 6.07) is 0.720. The second-order valence-electron chi connectivity index (χ2n) is 4.56. The van der Waals surface area contributed by atoms with Crippen molar-refractivity contribution in [3.8, 4) is 0 Å². The van der Waals surface area contributed by atoms with Gasteiger partial charge < -0.3 is 15.3 Å². The Kier molecular flexibility index (Phi) is 1.71. The standard InChI is InChI=1S/C11H14N2O2/c1-6-4-13(11(14)15)5-7-8-2-3-9(12-8)10(6)7/h2-3,7-9,12H,4-5H2,1H3,(H,14,15). The molecular formula is C11H14N2O2. The van der Waals surface area contributed by atoms with Gasteiger partial charge in [0, 0.05) is 31.1 Å². The van der Waals surface area contributed by atoms with Gasteiger partial charge >= 0.3 is 6.09 Å². The van der Waals surface area contributed by atoms with Gasteiger partial charge in [0.05, 0.1) is 0 Å². The molecule has 1 amide bonds. The predicted molar refractivity (Wildman–Crippen MR) is 55.6 cm³/mol. The second-order valence-corrected chi connectivity index (χ2v) is 4.56. The van der Waals surface area contributed by atoms with Crippen LogP contribution in [0.4, 0.5) is 4.79 Å². The third-order valence-corrected chi connectivity index (χ3v) is 3.66. The predicted octanol–water partition coefficient (Wildman–Crippen LogP) is 0.823. The lowest BCUT2D eigenvalue weighted by Gasteiger charge is -2.33. The van der Waals surface area contributed by atoms with Crippen molar-refractivity contribution in [2.24, 2.45) is 5.92 Å². The molecule has 0 aromatic rings. The molecule has 0 spiro atoms. The number of amides is 1. The van der Waals surface area contributed by atoms with Crippen molar-refractivity contribution in [1.29, 1.82) is 0 Å². The van der Waals surface area contributed by atoms with E-state index in [1.165, 1.54) is 16.0 Å². The molecule has 3 aliphatic rings. The Morgan fingerprint density at radius 1 is 1.60 bits per heavy atom. The SMILES string of the molecule is CC1=C2C3C=CC(N3)C2CN(C(=O)O)C1. The van der Waals surface area contributed by atoms with Crippen LogP contribution in [-0.4, -0.2) is 41.3 Å². The minimum absolute atomic E-state index is 0.349. The number of rotatable bonds is 0. The van der Waals surface area contributed by atoms with Gasteiger partial charge in [0.15, 0.2) is 0 Å². The second kappa shape index (κ2) is 2.85. The van der Waals surface area contributed by atoms with Gasteiger partial charge in [-0.15, -0.1) is 0 Å². The Labute approximate surface area is 88.3 Å². The smallest absolute Gasteiger partial charge is 0.407 e. The lowest BCUT2D eigenvalue weighted by Crippen LogP contribution is -2.42. The van der Waals surface area contributed by atoms with Gasteiger partial charge in [-0.1, -0.05) is 17.7 Å². The van der Waals surface area contributed by atoms with E-state index in [0.29, 0.717) is 31.1 Å². The summed E-state index contributed by atoms with van der Waals surface area (Å²) in [6.45, 7) is 3.26. The first-order chi connectivity index (χ1) is 7.16. The van der Waals surface area contributed by atoms with Gasteiger partial charge in [-0.25, -0.2) is 4.79 Å². The lowest BCUT2D eigenvalue weighted by molar-refractivity contribution is 0.139. The molecule has 0 aromatic carbocycles.